The van der Waals surface area contributed by atoms with Crippen molar-refractivity contribution in [1.29, 1.82) is 5.26 Å². The second-order valence-corrected chi connectivity index (χ2v) is 11.3. The number of hydrogen-bond donors (Lipinski definition) is 2. The lowest BCUT2D eigenvalue weighted by molar-refractivity contribution is -0.294. The van der Waals surface area contributed by atoms with Gasteiger partial charge in [-0.1, -0.05) is 29.4 Å². The Morgan fingerprint density at radius 1 is 1.10 bits per heavy atom. The molecular weight excluding hydrogens is 554 g/mol. The maximum atomic E-state index is 14.7. The highest BCUT2D eigenvalue weighted by molar-refractivity contribution is 7.90. The van der Waals surface area contributed by atoms with Crippen LogP contribution in [0.5, 0.6) is 0 Å². The van der Waals surface area contributed by atoms with Gasteiger partial charge in [0.15, 0.2) is 15.4 Å². The van der Waals surface area contributed by atoms with Crippen LogP contribution in [0.4, 0.5) is 26.3 Å². The molecule has 2 N–H and O–H groups in total. The minimum absolute atomic E-state index is 0.0591. The quantitative estimate of drug-likeness (QED) is 0.352. The normalized spacial score (nSPS) is 16.8. The lowest BCUT2D eigenvalue weighted by Crippen LogP contribution is -2.57. The van der Waals surface area contributed by atoms with Crippen LogP contribution in [0.15, 0.2) is 53.1 Å². The van der Waals surface area contributed by atoms with Gasteiger partial charge in [0.25, 0.3) is 0 Å². The van der Waals surface area contributed by atoms with Gasteiger partial charge in [0, 0.05) is 5.39 Å². The van der Waals surface area contributed by atoms with Gasteiger partial charge < -0.3 is 9.84 Å². The number of halogens is 6. The van der Waals surface area contributed by atoms with Gasteiger partial charge >= 0.3 is 12.1 Å². The summed E-state index contributed by atoms with van der Waals surface area (Å²) in [6, 6.07) is 5.49. The summed E-state index contributed by atoms with van der Waals surface area (Å²) in [6.45, 7) is 0. The highest BCUT2D eigenvalue weighted by Gasteiger charge is 2.63. The first-order chi connectivity index (χ1) is 18.2. The Morgan fingerprint density at radius 2 is 1.74 bits per heavy atom. The Kier molecular flexibility index (Phi) is 7.39. The summed E-state index contributed by atoms with van der Waals surface area (Å²) < 4.78 is 114. The van der Waals surface area contributed by atoms with Gasteiger partial charge in [0.2, 0.25) is 5.91 Å². The number of carbonyl (C=O) groups is 1. The summed E-state index contributed by atoms with van der Waals surface area (Å²) in [5.74, 6) is -9.76. The largest absolute Gasteiger partial charge is 0.455 e. The molecular formula is C24H20F6N4O4S. The number of nitriles is 1. The highest BCUT2D eigenvalue weighted by Crippen LogP contribution is 2.45. The van der Waals surface area contributed by atoms with Crippen LogP contribution in [0.25, 0.3) is 11.0 Å². The predicted octanol–water partition coefficient (Wildman–Crippen LogP) is 3.95. The molecule has 2 atom stereocenters. The minimum atomic E-state index is -6.12. The van der Waals surface area contributed by atoms with Crippen molar-refractivity contribution in [2.45, 2.75) is 48.3 Å². The van der Waals surface area contributed by atoms with E-state index in [1.54, 1.807) is 18.2 Å². The number of alkyl halides is 5. The number of sulfone groups is 1. The molecule has 1 amide bonds. The molecule has 39 heavy (non-hydrogen) atoms. The number of aromatic nitrogens is 1. The summed E-state index contributed by atoms with van der Waals surface area (Å²) in [5, 5.41) is 17.4. The molecule has 0 spiro atoms. The predicted molar refractivity (Wildman–Crippen MR) is 124 cm³/mol. The smallest absolute Gasteiger partial charge is 0.356 e. The lowest BCUT2D eigenvalue weighted by atomic mass is 9.98. The van der Waals surface area contributed by atoms with Crippen molar-refractivity contribution >= 4 is 26.7 Å². The van der Waals surface area contributed by atoms with Crippen molar-refractivity contribution in [3.05, 3.63) is 65.6 Å². The number of benzene rings is 2. The van der Waals surface area contributed by atoms with Crippen molar-refractivity contribution in [3.63, 3.8) is 0 Å². The lowest BCUT2D eigenvalue weighted by Gasteiger charge is -2.33. The zero-order valence-electron chi connectivity index (χ0n) is 19.8. The van der Waals surface area contributed by atoms with Crippen molar-refractivity contribution < 1.29 is 44.1 Å². The van der Waals surface area contributed by atoms with E-state index in [1.807, 2.05) is 5.32 Å². The van der Waals surface area contributed by atoms with E-state index in [9.17, 15) is 44.8 Å². The second kappa shape index (κ2) is 10.2. The third kappa shape index (κ3) is 6.17. The number of nitrogens with zero attached hydrogens (tertiary/aromatic N) is 2. The first-order valence-corrected chi connectivity index (χ1v) is 13.2. The molecule has 1 aliphatic carbocycles. The summed E-state index contributed by atoms with van der Waals surface area (Å²) in [7, 11) is -4.41. The van der Waals surface area contributed by atoms with Crippen molar-refractivity contribution in [2.75, 3.05) is 5.75 Å². The molecule has 15 heteroatoms. The number of rotatable bonds is 10. The van der Waals surface area contributed by atoms with E-state index in [2.05, 4.69) is 10.5 Å². The van der Waals surface area contributed by atoms with Crippen molar-refractivity contribution in [3.8, 4) is 6.07 Å². The summed E-state index contributed by atoms with van der Waals surface area (Å²) in [5.41, 5.74) is -1.95. The summed E-state index contributed by atoms with van der Waals surface area (Å²) in [4.78, 5) is 13.0. The molecule has 1 heterocycles. The number of fused-ring (bicyclic) bond motifs is 1. The van der Waals surface area contributed by atoms with E-state index >= 15 is 0 Å². The van der Waals surface area contributed by atoms with E-state index in [4.69, 9.17) is 4.52 Å². The zero-order chi connectivity index (χ0) is 28.6. The van der Waals surface area contributed by atoms with Crippen LogP contribution < -0.4 is 10.6 Å². The summed E-state index contributed by atoms with van der Waals surface area (Å²) >= 11 is 0. The van der Waals surface area contributed by atoms with Gasteiger partial charge in [-0.05, 0) is 42.7 Å². The molecule has 0 aliphatic heterocycles. The third-order valence-corrected chi connectivity index (χ3v) is 7.74. The average molecular weight is 575 g/mol. The van der Waals surface area contributed by atoms with Crippen LogP contribution in [0.3, 0.4) is 0 Å². The van der Waals surface area contributed by atoms with Crippen LogP contribution in [-0.4, -0.2) is 48.9 Å². The van der Waals surface area contributed by atoms with E-state index in [0.717, 1.165) is 0 Å². The van der Waals surface area contributed by atoms with Gasteiger partial charge in [-0.25, -0.2) is 12.8 Å². The molecule has 208 valence electrons. The van der Waals surface area contributed by atoms with Gasteiger partial charge in [-0.3, -0.25) is 10.1 Å². The Balaban J connectivity index is 1.69. The Morgan fingerprint density at radius 3 is 2.33 bits per heavy atom. The molecule has 1 aliphatic rings. The Labute approximate surface area is 217 Å². The number of carbonyl (C=O) groups excluding carboxylic acids is 1. The Bertz CT molecular complexity index is 1510. The van der Waals surface area contributed by atoms with E-state index in [1.165, 1.54) is 12.1 Å². The van der Waals surface area contributed by atoms with Crippen LogP contribution in [0.2, 0.25) is 0 Å². The fourth-order valence-electron chi connectivity index (χ4n) is 3.91. The molecule has 0 radical (unpaired) electrons. The molecule has 3 aromatic rings. The van der Waals surface area contributed by atoms with E-state index in [-0.39, 0.29) is 24.1 Å². The standard InChI is InChI=1S/C24H20F6N4O4S/c25-15-7-5-14(6-8-15)20(23(26,27)24(28,29)30)32-18(21(35)33-22(13-31)9-10-22)12-39(36,37)11-17-16-3-1-2-4-19(16)38-34-17/h1-8,18,20,32H,9-12H2,(H,33,35)/t18-,20-/m0/s1. The maximum absolute atomic E-state index is 14.7. The SMILES string of the molecule is N#CC1(NC(=O)[C@H](CS(=O)(=O)Cc2noc3ccccc23)N[C@@H](c2ccc(F)cc2)C(F)(F)C(F)(F)F)CC1. The fraction of sp³-hybridized carbons (Fsp3) is 0.375. The van der Waals surface area contributed by atoms with E-state index < -0.39 is 68.4 Å². The van der Waals surface area contributed by atoms with Crippen LogP contribution >= 0.6 is 0 Å². The molecule has 1 fully saturated rings. The first-order valence-electron chi connectivity index (χ1n) is 11.4. The third-order valence-electron chi connectivity index (χ3n) is 6.18. The first kappa shape index (κ1) is 28.4. The zero-order valence-corrected chi connectivity index (χ0v) is 20.6. The molecule has 1 aromatic heterocycles. The molecule has 8 nitrogen and oxygen atoms in total. The molecule has 0 unspecified atom stereocenters. The molecule has 0 saturated heterocycles. The maximum Gasteiger partial charge on any atom is 0.455 e. The molecule has 4 rings (SSSR count). The Hall–Kier alpha value is -3.64. The van der Waals surface area contributed by atoms with Crippen LogP contribution in [-0.2, 0) is 20.4 Å². The average Bonchev–Trinajstić information content (AvgIpc) is 3.53. The van der Waals surface area contributed by atoms with E-state index in [0.29, 0.717) is 29.7 Å². The molecule has 1 saturated carbocycles. The number of nitrogens with one attached hydrogen (secondary N) is 2. The number of amides is 1. The van der Waals surface area contributed by atoms with Crippen LogP contribution in [0, 0.1) is 17.1 Å². The number of para-hydroxylation sites is 1. The molecule has 0 bridgehead atoms. The number of hydrogen-bond acceptors (Lipinski definition) is 7. The monoisotopic (exact) mass is 574 g/mol. The fourth-order valence-corrected chi connectivity index (χ4v) is 5.40. The summed E-state index contributed by atoms with van der Waals surface area (Å²) in [6.07, 6.45) is -5.76. The second-order valence-electron chi connectivity index (χ2n) is 9.19. The van der Waals surface area contributed by atoms with Gasteiger partial charge in [-0.2, -0.15) is 27.2 Å². The highest BCUT2D eigenvalue weighted by atomic mass is 32.2. The minimum Gasteiger partial charge on any atom is -0.356 e. The van der Waals surface area contributed by atoms with Crippen molar-refractivity contribution in [2.24, 2.45) is 0 Å². The van der Waals surface area contributed by atoms with Crippen LogP contribution in [0.1, 0.15) is 30.1 Å². The van der Waals surface area contributed by atoms with Gasteiger partial charge in [0.1, 0.15) is 29.1 Å². The van der Waals surface area contributed by atoms with Gasteiger partial charge in [-0.15, -0.1) is 0 Å². The van der Waals surface area contributed by atoms with Crippen molar-refractivity contribution in [1.82, 2.24) is 15.8 Å². The van der Waals surface area contributed by atoms with Gasteiger partial charge in [0.05, 0.1) is 17.6 Å². The molecule has 2 aromatic carbocycles. The topological polar surface area (TPSA) is 125 Å².